The molecule has 17 heteroatoms. The van der Waals surface area contributed by atoms with Gasteiger partial charge in [0.15, 0.2) is 24.5 Å². The summed E-state index contributed by atoms with van der Waals surface area (Å²) in [5.74, 6) is 0.634. The first kappa shape index (κ1) is 46.6. The minimum Gasteiger partial charge on any atom is -0.455 e. The molecule has 0 aromatic rings. The number of rotatable bonds is 7. The van der Waals surface area contributed by atoms with Crippen LogP contribution >= 0.6 is 0 Å². The van der Waals surface area contributed by atoms with Crippen LogP contribution in [-0.4, -0.2) is 170 Å². The van der Waals surface area contributed by atoms with E-state index in [9.17, 15) is 45.6 Å². The van der Waals surface area contributed by atoms with Crippen LogP contribution < -0.4 is 0 Å². The van der Waals surface area contributed by atoms with Crippen LogP contribution in [0.2, 0.25) is 0 Å². The minimum atomic E-state index is -1.76. The molecule has 5 aliphatic carbocycles. The van der Waals surface area contributed by atoms with Crippen molar-refractivity contribution in [1.29, 1.82) is 0 Å². The predicted molar refractivity (Wildman–Crippen MR) is 220 cm³/mol. The second-order valence-corrected chi connectivity index (χ2v) is 23.9. The lowest BCUT2D eigenvalue weighted by Gasteiger charge is -2.72. The summed E-state index contributed by atoms with van der Waals surface area (Å²) in [6, 6.07) is 0. The van der Waals surface area contributed by atoms with Crippen molar-refractivity contribution in [3.05, 3.63) is 0 Å². The average molecular weight is 911 g/mol. The van der Waals surface area contributed by atoms with E-state index >= 15 is 0 Å². The number of fused-ring (bicyclic) bond motifs is 6. The molecule has 0 aromatic carbocycles. The molecule has 25 atom stereocenters. The van der Waals surface area contributed by atoms with E-state index in [-0.39, 0.29) is 75.7 Å². The van der Waals surface area contributed by atoms with Crippen LogP contribution in [0.4, 0.5) is 0 Å². The molecule has 10 fully saturated rings. The molecule has 10 aliphatic rings. The molecule has 1 spiro atoms. The van der Waals surface area contributed by atoms with Crippen LogP contribution in [0.25, 0.3) is 0 Å². The summed E-state index contributed by atoms with van der Waals surface area (Å²) < 4.78 is 49.9. The van der Waals surface area contributed by atoms with Gasteiger partial charge in [0.2, 0.25) is 0 Å². The molecule has 10 rings (SSSR count). The Morgan fingerprint density at radius 1 is 0.672 bits per heavy atom. The number of aliphatic hydroxyl groups is 8. The molecular formula is C47H74O17. The first-order chi connectivity index (χ1) is 29.9. The number of hydrogen-bond donors (Lipinski definition) is 8. The molecule has 5 aliphatic heterocycles. The van der Waals surface area contributed by atoms with Crippen LogP contribution in [0.1, 0.15) is 113 Å². The Bertz CT molecular complexity index is 1820. The van der Waals surface area contributed by atoms with Crippen molar-refractivity contribution in [3.8, 4) is 0 Å². The van der Waals surface area contributed by atoms with E-state index in [1.165, 1.54) is 6.92 Å². The molecular weight excluding hydrogens is 837 g/mol. The van der Waals surface area contributed by atoms with Crippen molar-refractivity contribution in [3.63, 3.8) is 0 Å². The van der Waals surface area contributed by atoms with Crippen LogP contribution in [-0.2, 0) is 42.7 Å². The molecule has 5 heterocycles. The van der Waals surface area contributed by atoms with E-state index in [0.717, 1.165) is 51.4 Å². The van der Waals surface area contributed by atoms with Gasteiger partial charge in [-0.15, -0.1) is 0 Å². The monoisotopic (exact) mass is 910 g/mol. The lowest BCUT2D eigenvalue weighted by Crippen LogP contribution is -2.75. The van der Waals surface area contributed by atoms with Crippen molar-refractivity contribution in [2.75, 3.05) is 13.2 Å². The van der Waals surface area contributed by atoms with Gasteiger partial charge in [-0.25, -0.2) is 0 Å². The highest BCUT2D eigenvalue weighted by Crippen LogP contribution is 2.83. The smallest absolute Gasteiger partial charge is 0.313 e. The zero-order valence-corrected chi connectivity index (χ0v) is 38.6. The van der Waals surface area contributed by atoms with Gasteiger partial charge in [-0.05, 0) is 98.2 Å². The number of hydrogen-bond acceptors (Lipinski definition) is 17. The average Bonchev–Trinajstić information content (AvgIpc) is 4.00. The van der Waals surface area contributed by atoms with Crippen molar-refractivity contribution in [2.45, 2.75) is 223 Å². The van der Waals surface area contributed by atoms with Gasteiger partial charge in [-0.3, -0.25) is 4.79 Å². The quantitative estimate of drug-likeness (QED) is 0.101. The van der Waals surface area contributed by atoms with Crippen molar-refractivity contribution >= 4 is 5.97 Å². The molecule has 5 saturated heterocycles. The summed E-state index contributed by atoms with van der Waals surface area (Å²) in [6.45, 7) is 17.0. The normalized spacial score (nSPS) is 59.3. The van der Waals surface area contributed by atoms with Crippen molar-refractivity contribution in [2.24, 2.45) is 50.2 Å². The molecule has 0 amide bonds. The molecule has 364 valence electrons. The molecule has 2 bridgehead atoms. The fourth-order valence-electron chi connectivity index (χ4n) is 16.3. The maximum Gasteiger partial charge on any atom is 0.313 e. The van der Waals surface area contributed by atoms with E-state index in [1.54, 1.807) is 0 Å². The molecule has 0 unspecified atom stereocenters. The first-order valence-electron chi connectivity index (χ1n) is 24.1. The summed E-state index contributed by atoms with van der Waals surface area (Å²) in [5.41, 5.74) is -1.78. The van der Waals surface area contributed by atoms with Crippen LogP contribution in [0, 0.1) is 50.2 Å². The highest BCUT2D eigenvalue weighted by molar-refractivity contribution is 5.82. The van der Waals surface area contributed by atoms with E-state index in [4.69, 9.17) is 37.9 Å². The number of epoxide rings is 1. The Labute approximate surface area is 375 Å². The third kappa shape index (κ3) is 6.18. The highest BCUT2D eigenvalue weighted by Gasteiger charge is 2.89. The SMILES string of the molecule is C[C@@H]1O[C@@H](O[C@H]2[C@H](O[C@H]3CO[C@@H](O[C@H]4CC[C@]5(C)[C@H]6[C@@H]7O[C@@H]7[C@]78OC(=O)[C@@]9(CCC(C)(C)C[C@H]97)CC[C@@]8(C)[C@]6(C)CC[C@H]5C4(C)C)[C@H](O)[C@H]3O)O[C@H](CO)[C@@H](O)[C@@H]2O)[C@H](O)[C@H](O)[C@H]1O. The lowest BCUT2D eigenvalue weighted by atomic mass is 9.31. The third-order valence-corrected chi connectivity index (χ3v) is 20.1. The van der Waals surface area contributed by atoms with Gasteiger partial charge in [0.05, 0.1) is 36.9 Å². The van der Waals surface area contributed by atoms with Gasteiger partial charge in [0, 0.05) is 11.3 Å². The Kier molecular flexibility index (Phi) is 11.1. The van der Waals surface area contributed by atoms with Gasteiger partial charge in [0.1, 0.15) is 67.1 Å². The van der Waals surface area contributed by atoms with Gasteiger partial charge in [-0.1, -0.05) is 48.5 Å². The molecule has 64 heavy (non-hydrogen) atoms. The summed E-state index contributed by atoms with van der Waals surface area (Å²) >= 11 is 0. The van der Waals surface area contributed by atoms with Gasteiger partial charge >= 0.3 is 5.97 Å². The lowest BCUT2D eigenvalue weighted by molar-refractivity contribution is -0.382. The number of carbonyl (C=O) groups excluding carboxylic acids is 1. The summed E-state index contributed by atoms with van der Waals surface area (Å²) in [5, 5.41) is 86.0. The molecule has 5 saturated carbocycles. The third-order valence-electron chi connectivity index (χ3n) is 20.1. The predicted octanol–water partition coefficient (Wildman–Crippen LogP) is 1.03. The second kappa shape index (κ2) is 15.2. The fourth-order valence-corrected chi connectivity index (χ4v) is 16.3. The van der Waals surface area contributed by atoms with Crippen molar-refractivity contribution < 1.29 is 83.5 Å². The van der Waals surface area contributed by atoms with E-state index in [0.29, 0.717) is 6.42 Å². The van der Waals surface area contributed by atoms with Crippen LogP contribution in [0.15, 0.2) is 0 Å². The summed E-state index contributed by atoms with van der Waals surface area (Å²) in [4.78, 5) is 14.1. The maximum absolute atomic E-state index is 14.1. The molecule has 0 aromatic heterocycles. The summed E-state index contributed by atoms with van der Waals surface area (Å²) in [7, 11) is 0. The number of ether oxygens (including phenoxy) is 8. The molecule has 17 nitrogen and oxygen atoms in total. The number of carbonyl (C=O) groups is 1. The largest absolute Gasteiger partial charge is 0.455 e. The Hall–Kier alpha value is -1.13. The zero-order chi connectivity index (χ0) is 46.1. The van der Waals surface area contributed by atoms with E-state index < -0.39 is 104 Å². The molecule has 8 N–H and O–H groups in total. The maximum atomic E-state index is 14.1. The topological polar surface area (TPSA) is 256 Å². The standard InChI is InChI=1S/C47H74O17/c1-20-26(49)29(52)32(55)38(58-20)63-33-30(53)27(50)21(18-48)59-39(33)60-22-19-57-37(31(54)28(22)51)61-25-10-11-43(6)23(42(25,4)5)9-12-44(7)35(43)34-36(62-34)47-24-17-41(2,3)13-15-46(24,40(56)64-47)16-14-45(44,47)8/h20-39,48-55H,9-19H2,1-8H3/t20-,21+,22-,23-,24+,25-,26-,27+,28-,29+,30-,31+,32+,33+,34-,35+,36-,37-,38-,39-,43-,44+,45-,46-,47+/m0/s1. The minimum absolute atomic E-state index is 0.0000459. The highest BCUT2D eigenvalue weighted by atomic mass is 16.8. The number of aliphatic hydroxyl groups excluding tert-OH is 8. The molecule has 0 radical (unpaired) electrons. The fraction of sp³-hybridized carbons (Fsp3) is 0.979. The summed E-state index contributed by atoms with van der Waals surface area (Å²) in [6.07, 6.45) is -13.2. The van der Waals surface area contributed by atoms with E-state index in [2.05, 4.69) is 48.5 Å². The van der Waals surface area contributed by atoms with Crippen molar-refractivity contribution in [1.82, 2.24) is 0 Å². The van der Waals surface area contributed by atoms with E-state index in [1.807, 2.05) is 0 Å². The number of esters is 1. The first-order valence-corrected chi connectivity index (χ1v) is 24.1. The second-order valence-electron chi connectivity index (χ2n) is 23.9. The Morgan fingerprint density at radius 3 is 2.09 bits per heavy atom. The van der Waals surface area contributed by atoms with Gasteiger partial charge < -0.3 is 78.7 Å². The van der Waals surface area contributed by atoms with Crippen LogP contribution in [0.5, 0.6) is 0 Å². The zero-order valence-electron chi connectivity index (χ0n) is 38.6. The Balaban J connectivity index is 0.833. The van der Waals surface area contributed by atoms with Gasteiger partial charge in [-0.2, -0.15) is 0 Å². The Morgan fingerprint density at radius 2 is 1.38 bits per heavy atom. The van der Waals surface area contributed by atoms with Crippen LogP contribution in [0.3, 0.4) is 0 Å². The van der Waals surface area contributed by atoms with Gasteiger partial charge in [0.25, 0.3) is 0 Å².